The molecular weight excluding hydrogens is 444 g/mol. The fourth-order valence-electron chi connectivity index (χ4n) is 4.02. The predicted octanol–water partition coefficient (Wildman–Crippen LogP) is 5.26. The third kappa shape index (κ3) is 4.08. The summed E-state index contributed by atoms with van der Waals surface area (Å²) < 4.78 is 17.8. The van der Waals surface area contributed by atoms with Gasteiger partial charge < -0.3 is 14.2 Å². The number of aromatic nitrogens is 2. The van der Waals surface area contributed by atoms with Gasteiger partial charge in [0.05, 0.1) is 31.0 Å². The summed E-state index contributed by atoms with van der Waals surface area (Å²) in [6.45, 7) is 1.98. The van der Waals surface area contributed by atoms with Crippen LogP contribution < -0.4 is 9.47 Å². The Balaban J connectivity index is 1.60. The van der Waals surface area contributed by atoms with Gasteiger partial charge in [-0.15, -0.1) is 0 Å². The van der Waals surface area contributed by atoms with E-state index in [0.29, 0.717) is 22.6 Å². The van der Waals surface area contributed by atoms with E-state index in [-0.39, 0.29) is 17.1 Å². The molecule has 0 unspecified atom stereocenters. The van der Waals surface area contributed by atoms with Crippen LogP contribution in [0.3, 0.4) is 0 Å². The van der Waals surface area contributed by atoms with Gasteiger partial charge in [-0.2, -0.15) is 5.10 Å². The van der Waals surface area contributed by atoms with Crippen molar-refractivity contribution in [3.05, 3.63) is 101 Å². The molecule has 7 heteroatoms. The van der Waals surface area contributed by atoms with E-state index in [0.717, 1.165) is 22.6 Å². The third-order valence-corrected chi connectivity index (χ3v) is 5.83. The first-order chi connectivity index (χ1) is 17.0. The molecule has 0 amide bonds. The zero-order valence-electron chi connectivity index (χ0n) is 19.4. The number of para-hydroxylation sites is 1. The Morgan fingerprint density at radius 1 is 1.00 bits per heavy atom. The number of aryl methyl sites for hydroxylation is 1. The number of ketones is 1. The number of rotatable bonds is 5. The van der Waals surface area contributed by atoms with E-state index in [1.54, 1.807) is 30.0 Å². The molecule has 7 nitrogen and oxygen atoms in total. The SMILES string of the molecule is COC(=O)c1ccc2c(c1)C(=O)C(=Cc1cn(-c3ccccc3)nc1-c1ccc(OC)cc1C)O2. The molecule has 1 aliphatic heterocycles. The van der Waals surface area contributed by atoms with Gasteiger partial charge in [-0.1, -0.05) is 18.2 Å². The number of methoxy groups -OCH3 is 2. The molecule has 0 bridgehead atoms. The number of hydrogen-bond donors (Lipinski definition) is 0. The standard InChI is InChI=1S/C28H22N2O5/c1-17-13-21(33-2)10-11-22(17)26-19(16-30(29-26)20-7-5-4-6-8-20)15-25-27(31)23-14-18(28(32)34-3)9-12-24(23)35-25/h4-16H,1-3H3. The van der Waals surface area contributed by atoms with Gasteiger partial charge in [0.15, 0.2) is 5.76 Å². The lowest BCUT2D eigenvalue weighted by atomic mass is 10.0. The number of fused-ring (bicyclic) bond motifs is 1. The molecule has 0 radical (unpaired) electrons. The second-order valence-corrected chi connectivity index (χ2v) is 8.04. The van der Waals surface area contributed by atoms with Crippen molar-refractivity contribution in [3.8, 4) is 28.4 Å². The molecule has 0 N–H and O–H groups in total. The van der Waals surface area contributed by atoms with Gasteiger partial charge in [-0.25, -0.2) is 9.48 Å². The highest BCUT2D eigenvalue weighted by Gasteiger charge is 2.29. The van der Waals surface area contributed by atoms with Crippen LogP contribution in [0.25, 0.3) is 23.0 Å². The third-order valence-electron chi connectivity index (χ3n) is 5.83. The summed E-state index contributed by atoms with van der Waals surface area (Å²) in [5, 5.41) is 4.83. The second kappa shape index (κ2) is 8.95. The lowest BCUT2D eigenvalue weighted by Gasteiger charge is -2.07. The van der Waals surface area contributed by atoms with Gasteiger partial charge in [-0.05, 0) is 67.1 Å². The van der Waals surface area contributed by atoms with Gasteiger partial charge in [-0.3, -0.25) is 4.79 Å². The second-order valence-electron chi connectivity index (χ2n) is 8.04. The minimum Gasteiger partial charge on any atom is -0.497 e. The minimum absolute atomic E-state index is 0.155. The Labute approximate surface area is 202 Å². The van der Waals surface area contributed by atoms with Crippen LogP contribution in [0.5, 0.6) is 11.5 Å². The molecule has 0 fully saturated rings. The smallest absolute Gasteiger partial charge is 0.337 e. The summed E-state index contributed by atoms with van der Waals surface area (Å²) >= 11 is 0. The summed E-state index contributed by atoms with van der Waals surface area (Å²) in [6.07, 6.45) is 3.55. The summed E-state index contributed by atoms with van der Waals surface area (Å²) in [4.78, 5) is 25.1. The van der Waals surface area contributed by atoms with E-state index in [1.165, 1.54) is 13.2 Å². The van der Waals surface area contributed by atoms with Crippen molar-refractivity contribution in [1.82, 2.24) is 9.78 Å². The van der Waals surface area contributed by atoms with Crippen LogP contribution in [-0.2, 0) is 4.74 Å². The maximum absolute atomic E-state index is 13.2. The van der Waals surface area contributed by atoms with Crippen molar-refractivity contribution < 1.29 is 23.8 Å². The Bertz CT molecular complexity index is 1480. The van der Waals surface area contributed by atoms with Crippen LogP contribution >= 0.6 is 0 Å². The Morgan fingerprint density at radius 3 is 2.51 bits per heavy atom. The fraction of sp³-hybridized carbons (Fsp3) is 0.107. The molecule has 5 rings (SSSR count). The average molecular weight is 466 g/mol. The number of Topliss-reactive ketones (excluding diaryl/α,β-unsaturated/α-hetero) is 1. The zero-order chi connectivity index (χ0) is 24.5. The summed E-state index contributed by atoms with van der Waals surface area (Å²) in [6, 6.07) is 20.1. The molecule has 0 saturated heterocycles. The Kier molecular flexibility index (Phi) is 5.66. The lowest BCUT2D eigenvalue weighted by molar-refractivity contribution is 0.0600. The van der Waals surface area contributed by atoms with Crippen LogP contribution in [0, 0.1) is 6.92 Å². The van der Waals surface area contributed by atoms with E-state index < -0.39 is 5.97 Å². The number of nitrogens with zero attached hydrogens (tertiary/aromatic N) is 2. The number of carbonyl (C=O) groups is 2. The lowest BCUT2D eigenvalue weighted by Crippen LogP contribution is -2.03. The summed E-state index contributed by atoms with van der Waals surface area (Å²) in [5.74, 6) is 0.475. The monoisotopic (exact) mass is 466 g/mol. The van der Waals surface area contributed by atoms with Crippen LogP contribution in [0.15, 0.2) is 78.7 Å². The van der Waals surface area contributed by atoms with E-state index in [4.69, 9.17) is 19.3 Å². The number of carbonyl (C=O) groups excluding carboxylic acids is 2. The highest BCUT2D eigenvalue weighted by molar-refractivity contribution is 6.15. The van der Waals surface area contributed by atoms with Gasteiger partial charge in [0.25, 0.3) is 0 Å². The number of allylic oxidation sites excluding steroid dienone is 1. The first kappa shape index (κ1) is 22.2. The molecule has 1 aromatic heterocycles. The van der Waals surface area contributed by atoms with E-state index >= 15 is 0 Å². The Hall–Kier alpha value is -4.65. The predicted molar refractivity (Wildman–Crippen MR) is 131 cm³/mol. The molecule has 0 saturated carbocycles. The number of hydrogen-bond acceptors (Lipinski definition) is 6. The van der Waals surface area contributed by atoms with E-state index in [2.05, 4.69) is 0 Å². The highest BCUT2D eigenvalue weighted by atomic mass is 16.5. The topological polar surface area (TPSA) is 79.7 Å². The molecule has 35 heavy (non-hydrogen) atoms. The first-order valence-electron chi connectivity index (χ1n) is 10.9. The van der Waals surface area contributed by atoms with Crippen LogP contribution in [0.2, 0.25) is 0 Å². The van der Waals surface area contributed by atoms with Crippen molar-refractivity contribution in [2.45, 2.75) is 6.92 Å². The molecule has 4 aromatic rings. The molecule has 2 heterocycles. The maximum Gasteiger partial charge on any atom is 0.337 e. The fourth-order valence-corrected chi connectivity index (χ4v) is 4.02. The average Bonchev–Trinajstić information content (AvgIpc) is 3.44. The van der Waals surface area contributed by atoms with Crippen LogP contribution in [0.4, 0.5) is 0 Å². The van der Waals surface area contributed by atoms with Crippen molar-refractivity contribution in [1.29, 1.82) is 0 Å². The van der Waals surface area contributed by atoms with Crippen LogP contribution in [-0.4, -0.2) is 35.8 Å². The van der Waals surface area contributed by atoms with Gasteiger partial charge in [0, 0.05) is 17.3 Å². The van der Waals surface area contributed by atoms with Crippen LogP contribution in [0.1, 0.15) is 31.8 Å². The normalized spacial score (nSPS) is 13.5. The maximum atomic E-state index is 13.2. The number of ether oxygens (including phenoxy) is 3. The highest BCUT2D eigenvalue weighted by Crippen LogP contribution is 2.35. The van der Waals surface area contributed by atoms with Gasteiger partial charge in [0.1, 0.15) is 17.2 Å². The quantitative estimate of drug-likeness (QED) is 0.295. The molecule has 3 aromatic carbocycles. The Morgan fingerprint density at radius 2 is 1.80 bits per heavy atom. The van der Waals surface area contributed by atoms with Crippen molar-refractivity contribution in [2.24, 2.45) is 0 Å². The molecule has 0 spiro atoms. The van der Waals surface area contributed by atoms with Gasteiger partial charge >= 0.3 is 5.97 Å². The van der Waals surface area contributed by atoms with E-state index in [1.807, 2.05) is 61.7 Å². The molecule has 1 aliphatic rings. The van der Waals surface area contributed by atoms with Crippen molar-refractivity contribution in [3.63, 3.8) is 0 Å². The minimum atomic E-state index is -0.514. The summed E-state index contributed by atoms with van der Waals surface area (Å²) in [7, 11) is 2.92. The molecule has 0 atom stereocenters. The van der Waals surface area contributed by atoms with Crippen molar-refractivity contribution >= 4 is 17.8 Å². The molecule has 174 valence electrons. The zero-order valence-corrected chi connectivity index (χ0v) is 19.4. The van der Waals surface area contributed by atoms with Gasteiger partial charge in [0.2, 0.25) is 5.78 Å². The van der Waals surface area contributed by atoms with Crippen molar-refractivity contribution in [2.75, 3.05) is 14.2 Å². The number of benzene rings is 3. The molecule has 0 aliphatic carbocycles. The first-order valence-corrected chi connectivity index (χ1v) is 10.9. The number of esters is 1. The summed E-state index contributed by atoms with van der Waals surface area (Å²) in [5.41, 5.74) is 4.78. The van der Waals surface area contributed by atoms with E-state index in [9.17, 15) is 9.59 Å². The largest absolute Gasteiger partial charge is 0.497 e. The molecular formula is C28H22N2O5.